The van der Waals surface area contributed by atoms with E-state index in [1.54, 1.807) is 11.6 Å². The first kappa shape index (κ1) is 15.8. The maximum Gasteiger partial charge on any atom is 0.0144 e. The SMILES string of the molecule is C=C/C=C\C(C)=C/NCCCC1=CCCC(C)CC1. The molecule has 19 heavy (non-hydrogen) atoms. The van der Waals surface area contributed by atoms with E-state index in [4.69, 9.17) is 0 Å². The van der Waals surface area contributed by atoms with Crippen LogP contribution in [0.1, 0.15) is 52.4 Å². The highest BCUT2D eigenvalue weighted by molar-refractivity contribution is 5.18. The smallest absolute Gasteiger partial charge is 0.0144 e. The van der Waals surface area contributed by atoms with Gasteiger partial charge >= 0.3 is 0 Å². The Hall–Kier alpha value is -1.24. The summed E-state index contributed by atoms with van der Waals surface area (Å²) in [6.45, 7) is 9.21. The van der Waals surface area contributed by atoms with Crippen LogP contribution in [0, 0.1) is 5.92 Å². The standard InChI is InChI=1S/C18H29N/c1-4-5-8-17(3)15-19-14-7-11-18-10-6-9-16(2)12-13-18/h4-5,8,10,15-16,19H,1,6-7,9,11-14H2,2-3H3/b8-5-,17-15-. The van der Waals surface area contributed by atoms with Gasteiger partial charge in [-0.05, 0) is 63.1 Å². The zero-order chi connectivity index (χ0) is 13.9. The Morgan fingerprint density at radius 2 is 2.32 bits per heavy atom. The van der Waals surface area contributed by atoms with Gasteiger partial charge in [0.1, 0.15) is 0 Å². The third kappa shape index (κ3) is 7.71. The lowest BCUT2D eigenvalue weighted by Gasteiger charge is -2.08. The Kier molecular flexibility index (Phi) is 8.04. The predicted molar refractivity (Wildman–Crippen MR) is 86.0 cm³/mol. The van der Waals surface area contributed by atoms with Gasteiger partial charge in [-0.2, -0.15) is 0 Å². The molecule has 106 valence electrons. The maximum atomic E-state index is 3.67. The lowest BCUT2D eigenvalue weighted by molar-refractivity contribution is 0.507. The number of nitrogens with one attached hydrogen (secondary N) is 1. The van der Waals surface area contributed by atoms with Crippen molar-refractivity contribution in [1.29, 1.82) is 0 Å². The minimum atomic E-state index is 0.911. The number of hydrogen-bond acceptors (Lipinski definition) is 1. The molecule has 1 aliphatic carbocycles. The van der Waals surface area contributed by atoms with Gasteiger partial charge in [0.2, 0.25) is 0 Å². The second kappa shape index (κ2) is 9.66. The highest BCUT2D eigenvalue weighted by atomic mass is 14.8. The van der Waals surface area contributed by atoms with E-state index in [9.17, 15) is 0 Å². The summed E-state index contributed by atoms with van der Waals surface area (Å²) in [5.74, 6) is 0.911. The number of rotatable bonds is 7. The molecule has 1 nitrogen and oxygen atoms in total. The summed E-state index contributed by atoms with van der Waals surface area (Å²) in [5.41, 5.74) is 2.92. The van der Waals surface area contributed by atoms with E-state index in [-0.39, 0.29) is 0 Å². The van der Waals surface area contributed by atoms with Crippen molar-refractivity contribution in [3.63, 3.8) is 0 Å². The van der Waals surface area contributed by atoms with Crippen molar-refractivity contribution < 1.29 is 0 Å². The van der Waals surface area contributed by atoms with Crippen LogP contribution in [0.25, 0.3) is 0 Å². The molecule has 0 heterocycles. The zero-order valence-electron chi connectivity index (χ0n) is 12.6. The van der Waals surface area contributed by atoms with Gasteiger partial charge in [-0.25, -0.2) is 0 Å². The molecule has 1 aliphatic rings. The molecule has 0 aromatic carbocycles. The van der Waals surface area contributed by atoms with Gasteiger partial charge in [0, 0.05) is 6.54 Å². The van der Waals surface area contributed by atoms with Crippen LogP contribution in [0.5, 0.6) is 0 Å². The number of hydrogen-bond donors (Lipinski definition) is 1. The van der Waals surface area contributed by atoms with Gasteiger partial charge in [-0.15, -0.1) is 0 Å². The van der Waals surface area contributed by atoms with Crippen molar-refractivity contribution >= 4 is 0 Å². The van der Waals surface area contributed by atoms with E-state index in [0.717, 1.165) is 12.5 Å². The van der Waals surface area contributed by atoms with Crippen LogP contribution in [0.2, 0.25) is 0 Å². The Morgan fingerprint density at radius 1 is 1.47 bits per heavy atom. The van der Waals surface area contributed by atoms with Gasteiger partial charge in [0.25, 0.3) is 0 Å². The summed E-state index contributed by atoms with van der Waals surface area (Å²) in [7, 11) is 0. The molecule has 0 aromatic rings. The van der Waals surface area contributed by atoms with Gasteiger partial charge < -0.3 is 5.32 Å². The minimum Gasteiger partial charge on any atom is -0.391 e. The van der Waals surface area contributed by atoms with Crippen LogP contribution in [-0.2, 0) is 0 Å². The predicted octanol–water partition coefficient (Wildman–Crippen LogP) is 5.14. The van der Waals surface area contributed by atoms with Gasteiger partial charge in [-0.3, -0.25) is 0 Å². The van der Waals surface area contributed by atoms with E-state index in [1.807, 2.05) is 6.08 Å². The van der Waals surface area contributed by atoms with Crippen LogP contribution in [-0.4, -0.2) is 6.54 Å². The topological polar surface area (TPSA) is 12.0 Å². The monoisotopic (exact) mass is 259 g/mol. The van der Waals surface area contributed by atoms with Crippen molar-refractivity contribution in [3.8, 4) is 0 Å². The summed E-state index contributed by atoms with van der Waals surface area (Å²) < 4.78 is 0. The van der Waals surface area contributed by atoms with Crippen molar-refractivity contribution in [2.24, 2.45) is 5.92 Å². The van der Waals surface area contributed by atoms with E-state index >= 15 is 0 Å². The van der Waals surface area contributed by atoms with E-state index in [1.165, 1.54) is 44.1 Å². The molecule has 0 saturated heterocycles. The molecule has 1 N–H and O–H groups in total. The van der Waals surface area contributed by atoms with Crippen molar-refractivity contribution in [2.75, 3.05) is 6.54 Å². The molecular weight excluding hydrogens is 230 g/mol. The third-order valence-corrected chi connectivity index (χ3v) is 3.69. The first-order valence-corrected chi connectivity index (χ1v) is 7.59. The van der Waals surface area contributed by atoms with E-state index in [0.29, 0.717) is 0 Å². The minimum absolute atomic E-state index is 0.911. The average Bonchev–Trinajstić information content (AvgIpc) is 2.61. The summed E-state index contributed by atoms with van der Waals surface area (Å²) in [6, 6.07) is 0. The fourth-order valence-corrected chi connectivity index (χ4v) is 2.40. The molecule has 0 aromatic heterocycles. The fraction of sp³-hybridized carbons (Fsp3) is 0.556. The molecule has 1 heteroatoms. The van der Waals surface area contributed by atoms with Crippen molar-refractivity contribution in [3.05, 3.63) is 48.2 Å². The lowest BCUT2D eigenvalue weighted by Crippen LogP contribution is -2.07. The molecule has 0 saturated carbocycles. The molecular formula is C18H29N. The molecule has 0 amide bonds. The third-order valence-electron chi connectivity index (χ3n) is 3.69. The summed E-state index contributed by atoms with van der Waals surface area (Å²) in [4.78, 5) is 0. The van der Waals surface area contributed by atoms with Crippen molar-refractivity contribution in [1.82, 2.24) is 5.32 Å². The van der Waals surface area contributed by atoms with Crippen LogP contribution in [0.4, 0.5) is 0 Å². The molecule has 1 unspecified atom stereocenters. The molecule has 0 fully saturated rings. The average molecular weight is 259 g/mol. The normalized spacial score (nSPS) is 21.1. The van der Waals surface area contributed by atoms with Gasteiger partial charge in [-0.1, -0.05) is 43.4 Å². The van der Waals surface area contributed by atoms with Crippen LogP contribution < -0.4 is 5.32 Å². The Morgan fingerprint density at radius 3 is 3.11 bits per heavy atom. The summed E-state index contributed by atoms with van der Waals surface area (Å²) in [6.07, 6.45) is 18.2. The Bertz CT molecular complexity index is 347. The first-order valence-electron chi connectivity index (χ1n) is 7.59. The Labute approximate surface area is 119 Å². The quantitative estimate of drug-likeness (QED) is 0.379. The maximum absolute atomic E-state index is 3.67. The highest BCUT2D eigenvalue weighted by Crippen LogP contribution is 2.24. The lowest BCUT2D eigenvalue weighted by atomic mass is 10.0. The fourth-order valence-electron chi connectivity index (χ4n) is 2.40. The molecule has 1 rings (SSSR count). The molecule has 0 radical (unpaired) electrons. The van der Waals surface area contributed by atoms with Crippen LogP contribution >= 0.6 is 0 Å². The second-order valence-electron chi connectivity index (χ2n) is 5.62. The summed E-state index contributed by atoms with van der Waals surface area (Å²) >= 11 is 0. The first-order chi connectivity index (χ1) is 9.22. The van der Waals surface area contributed by atoms with Gasteiger partial charge in [0.15, 0.2) is 0 Å². The van der Waals surface area contributed by atoms with Crippen LogP contribution in [0.3, 0.4) is 0 Å². The Balaban J connectivity index is 2.15. The summed E-state index contributed by atoms with van der Waals surface area (Å²) in [5, 5.41) is 3.38. The second-order valence-corrected chi connectivity index (χ2v) is 5.62. The molecule has 1 atom stereocenters. The van der Waals surface area contributed by atoms with Gasteiger partial charge in [0.05, 0.1) is 0 Å². The zero-order valence-corrected chi connectivity index (χ0v) is 12.6. The number of allylic oxidation sites excluding steroid dienone is 6. The van der Waals surface area contributed by atoms with E-state index < -0.39 is 0 Å². The highest BCUT2D eigenvalue weighted by Gasteiger charge is 2.08. The van der Waals surface area contributed by atoms with Crippen LogP contribution in [0.15, 0.2) is 48.2 Å². The van der Waals surface area contributed by atoms with Crippen molar-refractivity contribution in [2.45, 2.75) is 52.4 Å². The molecule has 0 aliphatic heterocycles. The van der Waals surface area contributed by atoms with E-state index in [2.05, 4.69) is 44.1 Å². The molecule has 0 spiro atoms. The largest absolute Gasteiger partial charge is 0.391 e. The molecule has 0 bridgehead atoms.